The molecule has 0 radical (unpaired) electrons. The monoisotopic (exact) mass is 623 g/mol. The first-order valence-electron chi connectivity index (χ1n) is 16.8. The third-order valence-corrected chi connectivity index (χ3v) is 7.17. The molecule has 1 unspecified atom stereocenters. The molecule has 3 aromatic rings. The highest BCUT2D eigenvalue weighted by Crippen LogP contribution is 2.21. The van der Waals surface area contributed by atoms with Gasteiger partial charge in [0.2, 0.25) is 0 Å². The molecule has 244 valence electrons. The van der Waals surface area contributed by atoms with Crippen LogP contribution < -0.4 is 19.5 Å². The average molecular weight is 624 g/mol. The van der Waals surface area contributed by atoms with Crippen molar-refractivity contribution in [1.82, 2.24) is 5.32 Å². The highest BCUT2D eigenvalue weighted by molar-refractivity contribution is 7.16. The molecule has 1 N–H and O–H groups in total. The number of hydrogen-bond acceptors (Lipinski definition) is 5. The summed E-state index contributed by atoms with van der Waals surface area (Å²) in [5, 5.41) is 3.47. The van der Waals surface area contributed by atoms with E-state index in [0.29, 0.717) is 25.7 Å². The van der Waals surface area contributed by atoms with Gasteiger partial charge in [-0.15, -0.1) is 0 Å². The van der Waals surface area contributed by atoms with Crippen LogP contribution in [0.5, 0.6) is 17.2 Å². The van der Waals surface area contributed by atoms with Crippen molar-refractivity contribution in [3.8, 4) is 17.2 Å². The zero-order chi connectivity index (χ0) is 31.5. The van der Waals surface area contributed by atoms with Crippen molar-refractivity contribution in [2.45, 2.75) is 97.7 Å². The fourth-order valence-electron chi connectivity index (χ4n) is 4.59. The topological polar surface area (TPSA) is 49.0 Å². The van der Waals surface area contributed by atoms with Crippen LogP contribution in [0.25, 0.3) is 0 Å². The summed E-state index contributed by atoms with van der Waals surface area (Å²) in [5.41, 5.74) is 2.47. The van der Waals surface area contributed by atoms with E-state index in [2.05, 4.69) is 59.6 Å². The van der Waals surface area contributed by atoms with Gasteiger partial charge in [0.1, 0.15) is 30.2 Å². The molecule has 0 spiro atoms. The van der Waals surface area contributed by atoms with E-state index in [-0.39, 0.29) is 0 Å². The number of rotatable bonds is 17. The van der Waals surface area contributed by atoms with Gasteiger partial charge in [-0.1, -0.05) is 105 Å². The number of ether oxygens (including phenoxy) is 4. The first-order chi connectivity index (χ1) is 21.7. The lowest BCUT2D eigenvalue weighted by atomic mass is 9.98. The third kappa shape index (κ3) is 18.3. The van der Waals surface area contributed by atoms with Gasteiger partial charge in [-0.25, -0.2) is 0 Å². The Morgan fingerprint density at radius 2 is 1.27 bits per heavy atom. The number of hydrogen-bond donors (Lipinski definition) is 1. The van der Waals surface area contributed by atoms with E-state index < -0.39 is 0 Å². The molecule has 1 aliphatic carbocycles. The van der Waals surface area contributed by atoms with Crippen molar-refractivity contribution in [2.75, 3.05) is 32.7 Å². The molecule has 0 amide bonds. The van der Waals surface area contributed by atoms with Crippen molar-refractivity contribution in [2.24, 2.45) is 0 Å². The molecule has 4 rings (SSSR count). The Balaban J connectivity index is 0.000000400. The van der Waals surface area contributed by atoms with E-state index in [1.807, 2.05) is 54.6 Å². The second-order valence-electron chi connectivity index (χ2n) is 11.1. The minimum atomic E-state index is 0.572. The lowest BCUT2D eigenvalue weighted by Crippen LogP contribution is -2.20. The minimum absolute atomic E-state index is 0.572. The number of nitrogens with one attached hydrogen (secondary N) is 1. The molecule has 0 bridgehead atoms. The second-order valence-corrected chi connectivity index (χ2v) is 11.4. The first kappa shape index (κ1) is 37.6. The third-order valence-electron chi connectivity index (χ3n) is 7.01. The minimum Gasteiger partial charge on any atom is -0.494 e. The maximum absolute atomic E-state index is 5.81. The van der Waals surface area contributed by atoms with E-state index in [9.17, 15) is 0 Å². The van der Waals surface area contributed by atoms with Gasteiger partial charge in [-0.2, -0.15) is 0 Å². The molecule has 6 heteroatoms. The summed E-state index contributed by atoms with van der Waals surface area (Å²) < 4.78 is 22.8. The van der Waals surface area contributed by atoms with Crippen molar-refractivity contribution in [1.29, 1.82) is 0 Å². The average Bonchev–Trinajstić information content (AvgIpc) is 3.07. The SMILES string of the molecule is CCC.CCCCOC1CCCCC1.PCOc1ccc(CCNCCCOc2ccc(OCc3ccccc3)cc2)cc1. The standard InChI is InChI=1S/C25H30NO3P.C10H20O.C3H8/c30-20-29-25-9-7-21(8-10-25)15-17-26-16-4-18-27-23-11-13-24(14-12-23)28-19-22-5-2-1-3-6-22;1-2-3-9-11-10-7-5-4-6-8-10;1-3-2/h1-3,5-14,26H,4,15-20,30H2;10H,2-9H2,1H3;3H2,1-2H3. The van der Waals surface area contributed by atoms with E-state index in [1.54, 1.807) is 0 Å². The van der Waals surface area contributed by atoms with Crippen LogP contribution in [0.3, 0.4) is 0 Å². The van der Waals surface area contributed by atoms with Crippen molar-refractivity contribution in [3.05, 3.63) is 90.0 Å². The normalized spacial score (nSPS) is 12.7. The predicted octanol–water partition coefficient (Wildman–Crippen LogP) is 9.63. The van der Waals surface area contributed by atoms with Crippen LogP contribution in [0.2, 0.25) is 0 Å². The summed E-state index contributed by atoms with van der Waals surface area (Å²) in [6.07, 6.45) is 13.8. The van der Waals surface area contributed by atoms with Crippen LogP contribution in [0.15, 0.2) is 78.9 Å². The smallest absolute Gasteiger partial charge is 0.120 e. The number of benzene rings is 3. The molecule has 0 aromatic heterocycles. The van der Waals surface area contributed by atoms with E-state index in [1.165, 1.54) is 56.9 Å². The molecule has 0 heterocycles. The Labute approximate surface area is 270 Å². The summed E-state index contributed by atoms with van der Waals surface area (Å²) in [4.78, 5) is 0. The zero-order valence-corrected chi connectivity index (χ0v) is 28.8. The first-order valence-corrected chi connectivity index (χ1v) is 17.6. The van der Waals surface area contributed by atoms with Crippen LogP contribution >= 0.6 is 9.24 Å². The highest BCUT2D eigenvalue weighted by atomic mass is 31.0. The van der Waals surface area contributed by atoms with Crippen LogP contribution in [0, 0.1) is 0 Å². The van der Waals surface area contributed by atoms with E-state index in [4.69, 9.17) is 18.9 Å². The Bertz CT molecular complexity index is 1040. The van der Waals surface area contributed by atoms with Crippen LogP contribution in [0.4, 0.5) is 0 Å². The molecule has 0 saturated heterocycles. The molecule has 1 fully saturated rings. The fourth-order valence-corrected chi connectivity index (χ4v) is 4.79. The maximum Gasteiger partial charge on any atom is 0.120 e. The lowest BCUT2D eigenvalue weighted by Gasteiger charge is -2.21. The molecule has 1 aliphatic rings. The Morgan fingerprint density at radius 1 is 0.659 bits per heavy atom. The van der Waals surface area contributed by atoms with Gasteiger partial charge in [0.05, 0.1) is 12.7 Å². The molecular weight excluding hydrogens is 565 g/mol. The summed E-state index contributed by atoms with van der Waals surface area (Å²) >= 11 is 0. The van der Waals surface area contributed by atoms with Gasteiger partial charge in [-0.3, -0.25) is 0 Å². The molecule has 1 atom stereocenters. The molecule has 44 heavy (non-hydrogen) atoms. The van der Waals surface area contributed by atoms with Gasteiger partial charge >= 0.3 is 0 Å². The summed E-state index contributed by atoms with van der Waals surface area (Å²) in [5.74, 6) is 2.63. The predicted molar refractivity (Wildman–Crippen MR) is 189 cm³/mol. The van der Waals surface area contributed by atoms with Crippen LogP contribution in [0.1, 0.15) is 89.7 Å². The quantitative estimate of drug-likeness (QED) is 0.120. The number of unbranched alkanes of at least 4 members (excludes halogenated alkanes) is 1. The Morgan fingerprint density at radius 3 is 1.91 bits per heavy atom. The largest absolute Gasteiger partial charge is 0.494 e. The van der Waals surface area contributed by atoms with Gasteiger partial charge in [-0.05, 0) is 92.7 Å². The van der Waals surface area contributed by atoms with Gasteiger partial charge < -0.3 is 24.3 Å². The molecule has 5 nitrogen and oxygen atoms in total. The summed E-state index contributed by atoms with van der Waals surface area (Å²) in [6.45, 7) is 10.6. The summed E-state index contributed by atoms with van der Waals surface area (Å²) in [7, 11) is 2.56. The molecule has 0 aliphatic heterocycles. The van der Waals surface area contributed by atoms with Crippen molar-refractivity contribution >= 4 is 9.24 Å². The second kappa shape index (κ2) is 25.7. The van der Waals surface area contributed by atoms with Crippen LogP contribution in [-0.4, -0.2) is 38.8 Å². The van der Waals surface area contributed by atoms with Gasteiger partial charge in [0.15, 0.2) is 0 Å². The van der Waals surface area contributed by atoms with Crippen molar-refractivity contribution < 1.29 is 18.9 Å². The summed E-state index contributed by atoms with van der Waals surface area (Å²) in [6, 6.07) is 26.2. The molecule has 3 aromatic carbocycles. The van der Waals surface area contributed by atoms with E-state index in [0.717, 1.165) is 55.4 Å². The lowest BCUT2D eigenvalue weighted by molar-refractivity contribution is 0.0269. The maximum atomic E-state index is 5.81. The highest BCUT2D eigenvalue weighted by Gasteiger charge is 2.12. The molecule has 1 saturated carbocycles. The Kier molecular flexibility index (Phi) is 22.0. The van der Waals surface area contributed by atoms with E-state index >= 15 is 0 Å². The Hall–Kier alpha value is -2.59. The van der Waals surface area contributed by atoms with Crippen molar-refractivity contribution in [3.63, 3.8) is 0 Å². The fraction of sp³-hybridized carbons (Fsp3) is 0.526. The zero-order valence-electron chi connectivity index (χ0n) is 27.6. The molecular formula is C38H58NO4P. The van der Waals surface area contributed by atoms with Crippen LogP contribution in [-0.2, 0) is 17.8 Å². The van der Waals surface area contributed by atoms with Gasteiger partial charge in [0, 0.05) is 6.61 Å². The van der Waals surface area contributed by atoms with Gasteiger partial charge in [0.25, 0.3) is 0 Å².